The Bertz CT molecular complexity index is 1300. The van der Waals surface area contributed by atoms with E-state index in [0.717, 1.165) is 38.7 Å². The molecule has 0 N–H and O–H groups in total. The number of imide groups is 1. The van der Waals surface area contributed by atoms with Gasteiger partial charge in [-0.2, -0.15) is 0 Å². The lowest BCUT2D eigenvalue weighted by atomic mass is 10.1. The number of fused-ring (bicyclic) bond motifs is 1. The number of esters is 1. The summed E-state index contributed by atoms with van der Waals surface area (Å²) >= 11 is 13.2. The standard InChI is InChI=1S/C24H20Cl2N2O4S/c1-3-32-23(30)14(2)28-22(29)21(33-24(28)31)10-16-13-27(20-7-5-4-6-18(16)20)12-15-8-9-17(25)11-19(15)26/h4-11,13-14H,3,12H2,1-2H3/b21-10+/t14-/m0/s1. The van der Waals surface area contributed by atoms with Gasteiger partial charge in [0.2, 0.25) is 0 Å². The summed E-state index contributed by atoms with van der Waals surface area (Å²) in [6.07, 6.45) is 3.60. The Balaban J connectivity index is 1.69. The van der Waals surface area contributed by atoms with Crippen LogP contribution in [0.1, 0.15) is 25.0 Å². The highest BCUT2D eigenvalue weighted by atomic mass is 35.5. The molecule has 3 aromatic rings. The fourth-order valence-electron chi connectivity index (χ4n) is 3.68. The van der Waals surface area contributed by atoms with Gasteiger partial charge in [-0.3, -0.25) is 14.5 Å². The second-order valence-electron chi connectivity index (χ2n) is 7.44. The third-order valence-corrected chi connectivity index (χ3v) is 6.77. The number of amides is 2. The van der Waals surface area contributed by atoms with Gasteiger partial charge in [0.05, 0.1) is 11.5 Å². The van der Waals surface area contributed by atoms with Gasteiger partial charge >= 0.3 is 5.97 Å². The molecule has 2 aromatic carbocycles. The molecule has 1 aliphatic heterocycles. The van der Waals surface area contributed by atoms with Gasteiger partial charge in [0, 0.05) is 39.3 Å². The maximum atomic E-state index is 13.0. The first-order valence-corrected chi connectivity index (χ1v) is 11.8. The fraction of sp³-hybridized carbons (Fsp3) is 0.208. The molecule has 1 aromatic heterocycles. The van der Waals surface area contributed by atoms with Crippen LogP contribution in [-0.2, 0) is 20.9 Å². The van der Waals surface area contributed by atoms with Crippen LogP contribution in [0.2, 0.25) is 10.0 Å². The number of carbonyl (C=O) groups excluding carboxylic acids is 3. The van der Waals surface area contributed by atoms with Crippen LogP contribution in [0.4, 0.5) is 4.79 Å². The number of halogens is 2. The van der Waals surface area contributed by atoms with E-state index in [1.54, 1.807) is 25.1 Å². The van der Waals surface area contributed by atoms with Crippen LogP contribution in [0.3, 0.4) is 0 Å². The molecule has 33 heavy (non-hydrogen) atoms. The molecule has 0 spiro atoms. The zero-order chi connectivity index (χ0) is 23.7. The van der Waals surface area contributed by atoms with E-state index < -0.39 is 23.2 Å². The van der Waals surface area contributed by atoms with Crippen LogP contribution in [0, 0.1) is 0 Å². The van der Waals surface area contributed by atoms with Crippen molar-refractivity contribution in [3.8, 4) is 0 Å². The van der Waals surface area contributed by atoms with Crippen molar-refractivity contribution in [2.75, 3.05) is 6.61 Å². The molecule has 1 fully saturated rings. The Kier molecular flexibility index (Phi) is 6.83. The van der Waals surface area contributed by atoms with E-state index in [4.69, 9.17) is 27.9 Å². The molecule has 0 saturated carbocycles. The Morgan fingerprint density at radius 3 is 2.67 bits per heavy atom. The highest BCUT2D eigenvalue weighted by Gasteiger charge is 2.41. The van der Waals surface area contributed by atoms with Crippen LogP contribution < -0.4 is 0 Å². The van der Waals surface area contributed by atoms with Gasteiger partial charge in [-0.15, -0.1) is 0 Å². The summed E-state index contributed by atoms with van der Waals surface area (Å²) in [5.74, 6) is -1.12. The van der Waals surface area contributed by atoms with Crippen molar-refractivity contribution in [1.82, 2.24) is 9.47 Å². The zero-order valence-corrected chi connectivity index (χ0v) is 20.2. The molecule has 0 aliphatic carbocycles. The summed E-state index contributed by atoms with van der Waals surface area (Å²) in [6, 6.07) is 12.1. The summed E-state index contributed by atoms with van der Waals surface area (Å²) in [7, 11) is 0. The number of hydrogen-bond acceptors (Lipinski definition) is 5. The molecule has 6 nitrogen and oxygen atoms in total. The maximum absolute atomic E-state index is 13.0. The lowest BCUT2D eigenvalue weighted by molar-refractivity contribution is -0.150. The van der Waals surface area contributed by atoms with Gasteiger partial charge in [-0.05, 0) is 55.4 Å². The van der Waals surface area contributed by atoms with E-state index in [-0.39, 0.29) is 11.5 Å². The molecule has 2 amide bonds. The number of benzene rings is 2. The quantitative estimate of drug-likeness (QED) is 0.306. The minimum atomic E-state index is -0.989. The van der Waals surface area contributed by atoms with E-state index in [1.807, 2.05) is 41.1 Å². The molecular formula is C24H20Cl2N2O4S. The first-order chi connectivity index (χ1) is 15.8. The summed E-state index contributed by atoms with van der Waals surface area (Å²) < 4.78 is 6.99. The lowest BCUT2D eigenvalue weighted by Gasteiger charge is -2.19. The van der Waals surface area contributed by atoms with Crippen molar-refractivity contribution >= 4 is 69.1 Å². The van der Waals surface area contributed by atoms with E-state index >= 15 is 0 Å². The Labute approximate surface area is 205 Å². The van der Waals surface area contributed by atoms with Crippen molar-refractivity contribution < 1.29 is 19.1 Å². The van der Waals surface area contributed by atoms with E-state index in [1.165, 1.54) is 6.92 Å². The first-order valence-electron chi connectivity index (χ1n) is 10.3. The third kappa shape index (κ3) is 4.67. The highest BCUT2D eigenvalue weighted by molar-refractivity contribution is 8.18. The molecule has 1 saturated heterocycles. The van der Waals surface area contributed by atoms with Crippen LogP contribution in [-0.4, -0.2) is 39.2 Å². The Hall–Kier alpha value is -2.74. The molecular weight excluding hydrogens is 483 g/mol. The summed E-state index contributed by atoms with van der Waals surface area (Å²) in [6.45, 7) is 3.84. The molecule has 1 atom stereocenters. The average molecular weight is 503 g/mol. The Morgan fingerprint density at radius 2 is 1.94 bits per heavy atom. The average Bonchev–Trinajstić information content (AvgIpc) is 3.26. The van der Waals surface area contributed by atoms with Gasteiger partial charge in [0.25, 0.3) is 11.1 Å². The molecule has 4 rings (SSSR count). The maximum Gasteiger partial charge on any atom is 0.329 e. The van der Waals surface area contributed by atoms with Crippen molar-refractivity contribution in [3.05, 3.63) is 74.7 Å². The fourth-order valence-corrected chi connectivity index (χ4v) is 5.04. The number of carbonyl (C=O) groups is 3. The van der Waals surface area contributed by atoms with Crippen LogP contribution in [0.25, 0.3) is 17.0 Å². The second kappa shape index (κ2) is 9.63. The highest BCUT2D eigenvalue weighted by Crippen LogP contribution is 2.36. The van der Waals surface area contributed by atoms with Crippen molar-refractivity contribution in [2.24, 2.45) is 0 Å². The van der Waals surface area contributed by atoms with Gasteiger partial charge in [-0.1, -0.05) is 47.5 Å². The van der Waals surface area contributed by atoms with Crippen LogP contribution in [0.5, 0.6) is 0 Å². The molecule has 170 valence electrons. The normalized spacial score (nSPS) is 16.1. The van der Waals surface area contributed by atoms with Crippen molar-refractivity contribution in [3.63, 3.8) is 0 Å². The number of ether oxygens (including phenoxy) is 1. The minimum absolute atomic E-state index is 0.173. The number of aromatic nitrogens is 1. The molecule has 9 heteroatoms. The second-order valence-corrected chi connectivity index (χ2v) is 9.28. The molecule has 2 heterocycles. The third-order valence-electron chi connectivity index (χ3n) is 5.30. The van der Waals surface area contributed by atoms with E-state index in [0.29, 0.717) is 16.6 Å². The van der Waals surface area contributed by atoms with Crippen molar-refractivity contribution in [1.29, 1.82) is 0 Å². The number of rotatable bonds is 6. The van der Waals surface area contributed by atoms with Gasteiger partial charge in [0.1, 0.15) is 6.04 Å². The molecule has 0 bridgehead atoms. The summed E-state index contributed by atoms with van der Waals surface area (Å²) in [5.41, 5.74) is 2.64. The predicted octanol–water partition coefficient (Wildman–Crippen LogP) is 5.98. The van der Waals surface area contributed by atoms with Gasteiger partial charge in [-0.25, -0.2) is 4.79 Å². The summed E-state index contributed by atoms with van der Waals surface area (Å²) in [4.78, 5) is 38.7. The van der Waals surface area contributed by atoms with Gasteiger partial charge in [0.15, 0.2) is 0 Å². The predicted molar refractivity (Wildman–Crippen MR) is 131 cm³/mol. The van der Waals surface area contributed by atoms with Crippen LogP contribution in [0.15, 0.2) is 53.6 Å². The van der Waals surface area contributed by atoms with Crippen molar-refractivity contribution in [2.45, 2.75) is 26.4 Å². The Morgan fingerprint density at radius 1 is 1.18 bits per heavy atom. The number of hydrogen-bond donors (Lipinski definition) is 0. The largest absolute Gasteiger partial charge is 0.464 e. The number of thioether (sulfide) groups is 1. The summed E-state index contributed by atoms with van der Waals surface area (Å²) in [5, 5.41) is 1.56. The van der Waals surface area contributed by atoms with E-state index in [9.17, 15) is 14.4 Å². The number of para-hydroxylation sites is 1. The smallest absolute Gasteiger partial charge is 0.329 e. The van der Waals surface area contributed by atoms with Crippen LogP contribution >= 0.6 is 35.0 Å². The minimum Gasteiger partial charge on any atom is -0.464 e. The SMILES string of the molecule is CCOC(=O)[C@H](C)N1C(=O)S/C(=C/c2cn(Cc3ccc(Cl)cc3Cl)c3ccccc23)C1=O. The monoisotopic (exact) mass is 502 g/mol. The topological polar surface area (TPSA) is 68.6 Å². The number of nitrogens with zero attached hydrogens (tertiary/aromatic N) is 2. The molecule has 0 radical (unpaired) electrons. The first kappa shape index (κ1) is 23.4. The molecule has 0 unspecified atom stereocenters. The molecule has 1 aliphatic rings. The zero-order valence-electron chi connectivity index (χ0n) is 17.9. The van der Waals surface area contributed by atoms with Gasteiger partial charge < -0.3 is 9.30 Å². The lowest BCUT2D eigenvalue weighted by Crippen LogP contribution is -2.42. The van der Waals surface area contributed by atoms with E-state index in [2.05, 4.69) is 0 Å².